The predicted octanol–water partition coefficient (Wildman–Crippen LogP) is 4.31. The van der Waals surface area contributed by atoms with Crippen molar-refractivity contribution >= 4 is 11.8 Å². The third-order valence-electron chi connectivity index (χ3n) is 6.46. The summed E-state index contributed by atoms with van der Waals surface area (Å²) in [7, 11) is 1.49. The molecular weight excluding hydrogens is 276 g/mol. The van der Waals surface area contributed by atoms with E-state index in [0.717, 1.165) is 38.5 Å². The number of allylic oxidation sites excluding steroid dienone is 1. The first kappa shape index (κ1) is 17.2. The minimum Gasteiger partial charge on any atom is -0.469 e. The molecule has 0 spiro atoms. The molecule has 0 aromatic carbocycles. The second kappa shape index (κ2) is 6.17. The fourth-order valence-corrected chi connectivity index (χ4v) is 5.31. The average Bonchev–Trinajstić information content (AvgIpc) is 2.44. The molecule has 0 bridgehead atoms. The average molecular weight is 306 g/mol. The number of ether oxygens (including phenoxy) is 1. The van der Waals surface area contributed by atoms with Gasteiger partial charge in [-0.05, 0) is 63.2 Å². The van der Waals surface area contributed by atoms with Crippen LogP contribution in [0.5, 0.6) is 0 Å². The normalized spacial score (nSPS) is 38.3. The number of ketones is 1. The maximum atomic E-state index is 12.4. The van der Waals surface area contributed by atoms with Crippen molar-refractivity contribution in [3.8, 4) is 0 Å². The predicted molar refractivity (Wildman–Crippen MR) is 87.4 cm³/mol. The van der Waals surface area contributed by atoms with E-state index in [9.17, 15) is 9.59 Å². The molecule has 2 rings (SSSR count). The number of hydrogen-bond acceptors (Lipinski definition) is 3. The van der Waals surface area contributed by atoms with E-state index in [1.165, 1.54) is 12.7 Å². The molecule has 3 nitrogen and oxygen atoms in total. The summed E-state index contributed by atoms with van der Waals surface area (Å²) >= 11 is 0. The first-order valence-electron chi connectivity index (χ1n) is 8.51. The molecule has 2 fully saturated rings. The molecule has 0 unspecified atom stereocenters. The molecule has 0 amide bonds. The van der Waals surface area contributed by atoms with Crippen LogP contribution in [0.1, 0.15) is 65.7 Å². The van der Waals surface area contributed by atoms with Gasteiger partial charge in [-0.2, -0.15) is 0 Å². The molecule has 0 saturated heterocycles. The molecule has 2 aliphatic carbocycles. The van der Waals surface area contributed by atoms with Gasteiger partial charge < -0.3 is 9.53 Å². The second-order valence-corrected chi connectivity index (χ2v) is 7.81. The molecule has 2 saturated carbocycles. The van der Waals surface area contributed by atoms with Crippen LogP contribution in [-0.4, -0.2) is 18.9 Å². The van der Waals surface area contributed by atoms with Crippen molar-refractivity contribution in [3.63, 3.8) is 0 Å². The van der Waals surface area contributed by atoms with Gasteiger partial charge in [0.15, 0.2) is 0 Å². The van der Waals surface area contributed by atoms with Gasteiger partial charge >= 0.3 is 5.97 Å². The van der Waals surface area contributed by atoms with E-state index in [1.807, 2.05) is 0 Å². The smallest absolute Gasteiger partial charge is 0.311 e. The fraction of sp³-hybridized carbons (Fsp3) is 0.789. The third-order valence-corrected chi connectivity index (χ3v) is 6.46. The number of esters is 1. The Morgan fingerprint density at radius 3 is 2.59 bits per heavy atom. The number of Topliss-reactive ketones (excluding diaryl/α,β-unsaturated/α-hetero) is 1. The summed E-state index contributed by atoms with van der Waals surface area (Å²) < 4.78 is 5.13. The molecule has 4 atom stereocenters. The maximum absolute atomic E-state index is 12.4. The van der Waals surface area contributed by atoms with Gasteiger partial charge in [0.2, 0.25) is 0 Å². The lowest BCUT2D eigenvalue weighted by molar-refractivity contribution is -0.168. The minimum absolute atomic E-state index is 0.0615. The summed E-state index contributed by atoms with van der Waals surface area (Å²) in [5, 5.41) is 0. The van der Waals surface area contributed by atoms with Crippen molar-refractivity contribution in [1.82, 2.24) is 0 Å². The Hall–Kier alpha value is -1.12. The zero-order chi connectivity index (χ0) is 16.5. The number of rotatable bonds is 4. The highest BCUT2D eigenvalue weighted by atomic mass is 16.5. The number of fused-ring (bicyclic) bond motifs is 1. The van der Waals surface area contributed by atoms with Gasteiger partial charge in [-0.1, -0.05) is 25.5 Å². The Morgan fingerprint density at radius 1 is 1.32 bits per heavy atom. The van der Waals surface area contributed by atoms with Crippen LogP contribution in [0.15, 0.2) is 12.2 Å². The maximum Gasteiger partial charge on any atom is 0.311 e. The van der Waals surface area contributed by atoms with E-state index >= 15 is 0 Å². The highest BCUT2D eigenvalue weighted by Crippen LogP contribution is 2.62. The van der Waals surface area contributed by atoms with Crippen molar-refractivity contribution in [2.75, 3.05) is 7.11 Å². The number of carbonyl (C=O) groups is 2. The monoisotopic (exact) mass is 306 g/mol. The van der Waals surface area contributed by atoms with Crippen LogP contribution in [0.3, 0.4) is 0 Å². The summed E-state index contributed by atoms with van der Waals surface area (Å²) in [6.07, 6.45) is 6.53. The topological polar surface area (TPSA) is 43.4 Å². The Bertz CT molecular complexity index is 481. The zero-order valence-electron chi connectivity index (χ0n) is 14.5. The standard InChI is InChI=1S/C19H30O3/c1-13-7-10-16-18(3,15(13)9-8-14(2)20)11-6-12-19(16,4)17(21)22-5/h15-16H,1,6-12H2,2-5H3/t15-,16+,18+,19+/m1/s1. The summed E-state index contributed by atoms with van der Waals surface area (Å²) in [6.45, 7) is 10.3. The van der Waals surface area contributed by atoms with Gasteiger partial charge in [-0.25, -0.2) is 0 Å². The van der Waals surface area contributed by atoms with Crippen LogP contribution in [0.25, 0.3) is 0 Å². The fourth-order valence-electron chi connectivity index (χ4n) is 5.31. The lowest BCUT2D eigenvalue weighted by Crippen LogP contribution is -2.53. The number of carbonyl (C=O) groups excluding carboxylic acids is 2. The highest BCUT2D eigenvalue weighted by molar-refractivity contribution is 5.77. The van der Waals surface area contributed by atoms with Gasteiger partial charge in [0, 0.05) is 6.42 Å². The zero-order valence-corrected chi connectivity index (χ0v) is 14.5. The van der Waals surface area contributed by atoms with Crippen molar-refractivity contribution < 1.29 is 14.3 Å². The Morgan fingerprint density at radius 2 is 2.00 bits per heavy atom. The first-order chi connectivity index (χ1) is 10.3. The molecule has 0 heterocycles. The van der Waals surface area contributed by atoms with E-state index in [4.69, 9.17) is 4.74 Å². The second-order valence-electron chi connectivity index (χ2n) is 7.81. The number of hydrogen-bond donors (Lipinski definition) is 0. The molecule has 2 aliphatic rings. The van der Waals surface area contributed by atoms with E-state index in [1.54, 1.807) is 6.92 Å². The van der Waals surface area contributed by atoms with E-state index < -0.39 is 5.41 Å². The first-order valence-corrected chi connectivity index (χ1v) is 8.51. The molecule has 0 aromatic rings. The van der Waals surface area contributed by atoms with Gasteiger partial charge in [0.1, 0.15) is 5.78 Å². The van der Waals surface area contributed by atoms with Gasteiger partial charge in [0.25, 0.3) is 0 Å². The summed E-state index contributed by atoms with van der Waals surface area (Å²) in [4.78, 5) is 23.9. The molecule has 0 radical (unpaired) electrons. The highest BCUT2D eigenvalue weighted by Gasteiger charge is 2.57. The summed E-state index contributed by atoms with van der Waals surface area (Å²) in [6, 6.07) is 0. The van der Waals surface area contributed by atoms with E-state index in [2.05, 4.69) is 20.4 Å². The Kier molecular flexibility index (Phi) is 4.84. The van der Waals surface area contributed by atoms with Crippen molar-refractivity contribution in [1.29, 1.82) is 0 Å². The van der Waals surface area contributed by atoms with Gasteiger partial charge in [-0.3, -0.25) is 4.79 Å². The van der Waals surface area contributed by atoms with E-state index in [-0.39, 0.29) is 17.2 Å². The van der Waals surface area contributed by atoms with Crippen LogP contribution < -0.4 is 0 Å². The quantitative estimate of drug-likeness (QED) is 0.574. The van der Waals surface area contributed by atoms with Crippen LogP contribution in [0.4, 0.5) is 0 Å². The summed E-state index contributed by atoms with van der Waals surface area (Å²) in [5.41, 5.74) is 0.942. The SMILES string of the molecule is C=C1CC[C@H]2[C@@](C)(CCC[C@]2(C)C(=O)OC)[C@@H]1CCC(C)=O. The minimum atomic E-state index is -0.392. The van der Waals surface area contributed by atoms with Crippen LogP contribution in [-0.2, 0) is 14.3 Å². The van der Waals surface area contributed by atoms with Crippen molar-refractivity contribution in [2.24, 2.45) is 22.7 Å². The lowest BCUT2D eigenvalue weighted by Gasteiger charge is -2.57. The largest absolute Gasteiger partial charge is 0.469 e. The number of methoxy groups -OCH3 is 1. The molecule has 3 heteroatoms. The van der Waals surface area contributed by atoms with Crippen molar-refractivity contribution in [2.45, 2.75) is 65.7 Å². The Labute approximate surface area is 134 Å². The molecule has 22 heavy (non-hydrogen) atoms. The lowest BCUT2D eigenvalue weighted by atomic mass is 9.46. The van der Waals surface area contributed by atoms with Crippen LogP contribution >= 0.6 is 0 Å². The van der Waals surface area contributed by atoms with Crippen molar-refractivity contribution in [3.05, 3.63) is 12.2 Å². The molecule has 0 aliphatic heterocycles. The van der Waals surface area contributed by atoms with Gasteiger partial charge in [-0.15, -0.1) is 0 Å². The van der Waals surface area contributed by atoms with E-state index in [0.29, 0.717) is 18.3 Å². The van der Waals surface area contributed by atoms with Crippen LogP contribution in [0, 0.1) is 22.7 Å². The van der Waals surface area contributed by atoms with Crippen LogP contribution in [0.2, 0.25) is 0 Å². The van der Waals surface area contributed by atoms with Gasteiger partial charge in [0.05, 0.1) is 12.5 Å². The summed E-state index contributed by atoms with van der Waals surface area (Å²) in [5.74, 6) is 0.842. The molecule has 0 aromatic heterocycles. The molecular formula is C19H30O3. The molecule has 0 N–H and O–H groups in total. The molecule has 124 valence electrons. The third kappa shape index (κ3) is 2.75. The Balaban J connectivity index is 2.33.